The molecule has 0 aromatic heterocycles. The number of aliphatic hydroxyl groups excluding tert-OH is 1. The normalized spacial score (nSPS) is 17.9. The van der Waals surface area contributed by atoms with Gasteiger partial charge in [-0.3, -0.25) is 0 Å². The predicted molar refractivity (Wildman–Crippen MR) is 94.8 cm³/mol. The maximum Gasteiger partial charge on any atom is 0.315 e. The minimum atomic E-state index is -0.156. The van der Waals surface area contributed by atoms with E-state index < -0.39 is 0 Å². The molecule has 1 fully saturated rings. The number of carbonyl (C=O) groups excluding carboxylic acids is 1. The number of aliphatic hydroxyl groups is 1. The maximum atomic E-state index is 12.4. The highest BCUT2D eigenvalue weighted by Crippen LogP contribution is 2.27. The second-order valence-electron chi connectivity index (χ2n) is 6.49. The number of carbonyl (C=O) groups is 1. The molecule has 24 heavy (non-hydrogen) atoms. The fourth-order valence-electron chi connectivity index (χ4n) is 3.20. The van der Waals surface area contributed by atoms with Gasteiger partial charge in [0.25, 0.3) is 0 Å². The van der Waals surface area contributed by atoms with Crippen molar-refractivity contribution in [3.63, 3.8) is 0 Å². The van der Waals surface area contributed by atoms with Crippen LogP contribution in [0, 0.1) is 5.92 Å². The molecule has 0 spiro atoms. The lowest BCUT2D eigenvalue weighted by Gasteiger charge is -2.28. The summed E-state index contributed by atoms with van der Waals surface area (Å²) < 4.78 is 5.44. The van der Waals surface area contributed by atoms with Crippen LogP contribution >= 0.6 is 0 Å². The van der Waals surface area contributed by atoms with Gasteiger partial charge in [-0.2, -0.15) is 0 Å². The van der Waals surface area contributed by atoms with Crippen LogP contribution in [0.4, 0.5) is 4.79 Å². The van der Waals surface area contributed by atoms with E-state index in [1.165, 1.54) is 0 Å². The van der Waals surface area contributed by atoms with Crippen LogP contribution in [-0.2, 0) is 4.74 Å². The van der Waals surface area contributed by atoms with Crippen molar-refractivity contribution >= 4 is 6.03 Å². The molecule has 5 nitrogen and oxygen atoms in total. The van der Waals surface area contributed by atoms with Crippen molar-refractivity contribution in [2.45, 2.75) is 51.1 Å². The SMILES string of the molecule is CCC(CCO)NC(=O)NC(CC1CCOCC1)c1ccccc1. The van der Waals surface area contributed by atoms with Crippen molar-refractivity contribution in [1.29, 1.82) is 0 Å². The van der Waals surface area contributed by atoms with Crippen LogP contribution in [0.15, 0.2) is 30.3 Å². The quantitative estimate of drug-likeness (QED) is 0.684. The molecule has 0 radical (unpaired) electrons. The summed E-state index contributed by atoms with van der Waals surface area (Å²) in [7, 11) is 0. The van der Waals surface area contributed by atoms with Crippen molar-refractivity contribution in [2.24, 2.45) is 5.92 Å². The summed E-state index contributed by atoms with van der Waals surface area (Å²) in [6.45, 7) is 3.72. The fourth-order valence-corrected chi connectivity index (χ4v) is 3.20. The number of urea groups is 1. The number of amides is 2. The molecule has 2 unspecified atom stereocenters. The average Bonchev–Trinajstić information content (AvgIpc) is 2.62. The first kappa shape index (κ1) is 18.7. The van der Waals surface area contributed by atoms with Crippen molar-refractivity contribution in [3.05, 3.63) is 35.9 Å². The van der Waals surface area contributed by atoms with Gasteiger partial charge in [-0.25, -0.2) is 4.79 Å². The van der Waals surface area contributed by atoms with Gasteiger partial charge in [0, 0.05) is 25.9 Å². The van der Waals surface area contributed by atoms with E-state index in [0.717, 1.165) is 44.5 Å². The number of ether oxygens (including phenoxy) is 1. The molecule has 3 N–H and O–H groups in total. The van der Waals surface area contributed by atoms with Gasteiger partial charge in [-0.05, 0) is 43.6 Å². The van der Waals surface area contributed by atoms with Crippen LogP contribution in [0.2, 0.25) is 0 Å². The Balaban J connectivity index is 1.98. The Morgan fingerprint density at radius 2 is 1.96 bits per heavy atom. The van der Waals surface area contributed by atoms with Crippen LogP contribution in [0.3, 0.4) is 0 Å². The van der Waals surface area contributed by atoms with Crippen molar-refractivity contribution in [1.82, 2.24) is 10.6 Å². The Morgan fingerprint density at radius 3 is 2.58 bits per heavy atom. The summed E-state index contributed by atoms with van der Waals surface area (Å²) in [5.74, 6) is 0.573. The molecule has 1 aromatic rings. The first-order chi connectivity index (χ1) is 11.7. The molecule has 2 rings (SSSR count). The van der Waals surface area contributed by atoms with Crippen LogP contribution in [0.1, 0.15) is 50.6 Å². The molecular formula is C19H30N2O3. The highest BCUT2D eigenvalue weighted by atomic mass is 16.5. The molecule has 1 aliphatic rings. The summed E-state index contributed by atoms with van der Waals surface area (Å²) in [5, 5.41) is 15.2. The Hall–Kier alpha value is -1.59. The third kappa shape index (κ3) is 6.13. The molecule has 0 saturated carbocycles. The van der Waals surface area contributed by atoms with E-state index in [4.69, 9.17) is 9.84 Å². The Morgan fingerprint density at radius 1 is 1.25 bits per heavy atom. The number of nitrogens with one attached hydrogen (secondary N) is 2. The van der Waals surface area contributed by atoms with Gasteiger partial charge >= 0.3 is 6.03 Å². The van der Waals surface area contributed by atoms with E-state index in [1.54, 1.807) is 0 Å². The Kier molecular flexibility index (Phi) is 8.05. The molecule has 1 aliphatic heterocycles. The van der Waals surface area contributed by atoms with Crippen molar-refractivity contribution in [2.75, 3.05) is 19.8 Å². The molecule has 0 aliphatic carbocycles. The lowest BCUT2D eigenvalue weighted by Crippen LogP contribution is -2.44. The first-order valence-corrected chi connectivity index (χ1v) is 9.03. The van der Waals surface area contributed by atoms with E-state index in [1.807, 2.05) is 25.1 Å². The van der Waals surface area contributed by atoms with Crippen LogP contribution in [0.5, 0.6) is 0 Å². The molecule has 134 valence electrons. The topological polar surface area (TPSA) is 70.6 Å². The fraction of sp³-hybridized carbons (Fsp3) is 0.632. The van der Waals surface area contributed by atoms with Gasteiger partial charge in [0.1, 0.15) is 0 Å². The average molecular weight is 334 g/mol. The van der Waals surface area contributed by atoms with E-state index in [0.29, 0.717) is 12.3 Å². The number of benzene rings is 1. The Bertz CT molecular complexity index is 475. The summed E-state index contributed by atoms with van der Waals surface area (Å²) in [6, 6.07) is 9.99. The second-order valence-corrected chi connectivity index (χ2v) is 6.49. The highest BCUT2D eigenvalue weighted by Gasteiger charge is 2.22. The zero-order valence-electron chi connectivity index (χ0n) is 14.5. The zero-order valence-corrected chi connectivity index (χ0v) is 14.5. The summed E-state index contributed by atoms with van der Waals surface area (Å²) in [5.41, 5.74) is 1.13. The zero-order chi connectivity index (χ0) is 17.2. The molecule has 0 bridgehead atoms. The van der Waals surface area contributed by atoms with Gasteiger partial charge in [-0.1, -0.05) is 37.3 Å². The smallest absolute Gasteiger partial charge is 0.315 e. The lowest BCUT2D eigenvalue weighted by atomic mass is 9.89. The van der Waals surface area contributed by atoms with Gasteiger partial charge in [0.05, 0.1) is 6.04 Å². The van der Waals surface area contributed by atoms with E-state index >= 15 is 0 Å². The number of hydrogen-bond acceptors (Lipinski definition) is 3. The van der Waals surface area contributed by atoms with Gasteiger partial charge in [-0.15, -0.1) is 0 Å². The minimum absolute atomic E-state index is 0.000864. The number of hydrogen-bond donors (Lipinski definition) is 3. The van der Waals surface area contributed by atoms with E-state index in [9.17, 15) is 4.79 Å². The molecule has 1 aromatic carbocycles. The predicted octanol–water partition coefficient (Wildman–Crippen LogP) is 3.00. The number of rotatable bonds is 8. The van der Waals surface area contributed by atoms with Crippen LogP contribution in [-0.4, -0.2) is 37.0 Å². The first-order valence-electron chi connectivity index (χ1n) is 9.03. The van der Waals surface area contributed by atoms with Gasteiger partial charge < -0.3 is 20.5 Å². The standard InChI is InChI=1S/C19H30N2O3/c1-2-17(8-11-22)20-19(23)21-18(16-6-4-3-5-7-16)14-15-9-12-24-13-10-15/h3-7,15,17-18,22H,2,8-14H2,1H3,(H2,20,21,23). The third-order valence-corrected chi connectivity index (χ3v) is 4.72. The van der Waals surface area contributed by atoms with Gasteiger partial charge in [0.15, 0.2) is 0 Å². The summed E-state index contributed by atoms with van der Waals surface area (Å²) >= 11 is 0. The molecular weight excluding hydrogens is 304 g/mol. The minimum Gasteiger partial charge on any atom is -0.396 e. The highest BCUT2D eigenvalue weighted by molar-refractivity contribution is 5.74. The third-order valence-electron chi connectivity index (χ3n) is 4.72. The second kappa shape index (κ2) is 10.3. The van der Waals surface area contributed by atoms with Crippen molar-refractivity contribution in [3.8, 4) is 0 Å². The maximum absolute atomic E-state index is 12.4. The van der Waals surface area contributed by atoms with Crippen LogP contribution < -0.4 is 10.6 Å². The Labute approximate surface area is 144 Å². The van der Waals surface area contributed by atoms with Gasteiger partial charge in [0.2, 0.25) is 0 Å². The van der Waals surface area contributed by atoms with Crippen LogP contribution in [0.25, 0.3) is 0 Å². The van der Waals surface area contributed by atoms with E-state index in [2.05, 4.69) is 22.8 Å². The monoisotopic (exact) mass is 334 g/mol. The molecule has 1 saturated heterocycles. The largest absolute Gasteiger partial charge is 0.396 e. The molecule has 2 amide bonds. The summed E-state index contributed by atoms with van der Waals surface area (Å²) in [4.78, 5) is 12.4. The van der Waals surface area contributed by atoms with Crippen molar-refractivity contribution < 1.29 is 14.6 Å². The van der Waals surface area contributed by atoms with E-state index in [-0.39, 0.29) is 24.7 Å². The molecule has 2 atom stereocenters. The lowest BCUT2D eigenvalue weighted by molar-refractivity contribution is 0.0608. The molecule has 5 heteroatoms. The molecule has 1 heterocycles. The summed E-state index contributed by atoms with van der Waals surface area (Å²) in [6.07, 6.45) is 4.42.